The van der Waals surface area contributed by atoms with Gasteiger partial charge in [0.05, 0.1) is 0 Å². The maximum Gasteiger partial charge on any atom is 0.325 e. The average Bonchev–Trinajstić information content (AvgIpc) is 2.81. The molecule has 0 aromatic heterocycles. The maximum absolute atomic E-state index is 11.9. The van der Waals surface area contributed by atoms with Crippen LogP contribution in [0.2, 0.25) is 0 Å². The number of fused-ring (bicyclic) bond motifs is 1. The predicted molar refractivity (Wildman–Crippen MR) is 86.3 cm³/mol. The summed E-state index contributed by atoms with van der Waals surface area (Å²) in [6.07, 6.45) is 0.758. The Hall–Kier alpha value is -2.28. The van der Waals surface area contributed by atoms with E-state index in [4.69, 9.17) is 9.47 Å². The SMILES string of the molecule is CC(=O)N1CCCN([C@H](C(=O)O)c2ccc3c(c2)OCCO3)CC1. The lowest BCUT2D eigenvalue weighted by Crippen LogP contribution is -2.38. The van der Waals surface area contributed by atoms with Crippen molar-refractivity contribution in [1.29, 1.82) is 0 Å². The zero-order chi connectivity index (χ0) is 17.1. The molecular weight excluding hydrogens is 312 g/mol. The highest BCUT2D eigenvalue weighted by molar-refractivity contribution is 5.76. The number of amides is 1. The Kier molecular flexibility index (Phi) is 4.89. The van der Waals surface area contributed by atoms with E-state index in [1.165, 1.54) is 0 Å². The van der Waals surface area contributed by atoms with E-state index in [0.717, 1.165) is 6.42 Å². The van der Waals surface area contributed by atoms with Gasteiger partial charge in [-0.2, -0.15) is 0 Å². The molecule has 1 saturated heterocycles. The molecule has 2 aliphatic heterocycles. The smallest absolute Gasteiger partial charge is 0.325 e. The largest absolute Gasteiger partial charge is 0.486 e. The Morgan fingerprint density at radius 1 is 1.08 bits per heavy atom. The molecule has 0 spiro atoms. The summed E-state index contributed by atoms with van der Waals surface area (Å²) < 4.78 is 11.1. The predicted octanol–water partition coefficient (Wildman–Crippen LogP) is 1.14. The van der Waals surface area contributed by atoms with Crippen molar-refractivity contribution in [3.63, 3.8) is 0 Å². The molecular formula is C17H22N2O5. The van der Waals surface area contributed by atoms with Gasteiger partial charge in [-0.3, -0.25) is 14.5 Å². The van der Waals surface area contributed by atoms with Crippen LogP contribution in [-0.2, 0) is 9.59 Å². The lowest BCUT2D eigenvalue weighted by molar-refractivity contribution is -0.143. The molecule has 1 amide bonds. The molecule has 0 radical (unpaired) electrons. The minimum Gasteiger partial charge on any atom is -0.486 e. The van der Waals surface area contributed by atoms with Crippen molar-refractivity contribution in [1.82, 2.24) is 9.80 Å². The molecule has 1 N–H and O–H groups in total. The average molecular weight is 334 g/mol. The Morgan fingerprint density at radius 2 is 1.83 bits per heavy atom. The summed E-state index contributed by atoms with van der Waals surface area (Å²) in [5.41, 5.74) is 0.669. The number of carbonyl (C=O) groups excluding carboxylic acids is 1. The molecule has 0 saturated carbocycles. The molecule has 0 bridgehead atoms. The van der Waals surface area contributed by atoms with Gasteiger partial charge in [0.1, 0.15) is 19.3 Å². The van der Waals surface area contributed by atoms with Gasteiger partial charge in [-0.15, -0.1) is 0 Å². The molecule has 3 rings (SSSR count). The number of rotatable bonds is 3. The fourth-order valence-corrected chi connectivity index (χ4v) is 3.25. The zero-order valence-electron chi connectivity index (χ0n) is 13.7. The van der Waals surface area contributed by atoms with Crippen LogP contribution in [0.4, 0.5) is 0 Å². The minimum absolute atomic E-state index is 0.0306. The Labute approximate surface area is 140 Å². The first-order valence-electron chi connectivity index (χ1n) is 8.18. The molecule has 24 heavy (non-hydrogen) atoms. The van der Waals surface area contributed by atoms with E-state index in [1.807, 2.05) is 4.90 Å². The molecule has 2 aliphatic rings. The summed E-state index contributed by atoms with van der Waals surface area (Å²) in [7, 11) is 0. The number of carboxylic acids is 1. The highest BCUT2D eigenvalue weighted by Gasteiger charge is 2.30. The summed E-state index contributed by atoms with van der Waals surface area (Å²) in [6, 6.07) is 4.54. The monoisotopic (exact) mass is 334 g/mol. The molecule has 1 aromatic carbocycles. The van der Waals surface area contributed by atoms with E-state index >= 15 is 0 Å². The first-order chi connectivity index (χ1) is 11.6. The van der Waals surface area contributed by atoms with Crippen LogP contribution in [0.25, 0.3) is 0 Å². The first kappa shape index (κ1) is 16.6. The van der Waals surface area contributed by atoms with Crippen molar-refractivity contribution < 1.29 is 24.2 Å². The van der Waals surface area contributed by atoms with Crippen LogP contribution in [0.3, 0.4) is 0 Å². The van der Waals surface area contributed by atoms with Crippen LogP contribution in [-0.4, -0.2) is 66.2 Å². The van der Waals surface area contributed by atoms with Crippen LogP contribution in [0.15, 0.2) is 18.2 Å². The lowest BCUT2D eigenvalue weighted by atomic mass is 10.0. The third-order valence-electron chi connectivity index (χ3n) is 4.46. The van der Waals surface area contributed by atoms with E-state index in [2.05, 4.69) is 0 Å². The third-order valence-corrected chi connectivity index (χ3v) is 4.46. The second kappa shape index (κ2) is 7.09. The lowest BCUT2D eigenvalue weighted by Gasteiger charge is -2.28. The Bertz CT molecular complexity index is 633. The number of carbonyl (C=O) groups is 2. The van der Waals surface area contributed by atoms with E-state index in [-0.39, 0.29) is 5.91 Å². The van der Waals surface area contributed by atoms with Gasteiger partial charge in [0, 0.05) is 33.1 Å². The fourth-order valence-electron chi connectivity index (χ4n) is 3.25. The van der Waals surface area contributed by atoms with E-state index in [0.29, 0.717) is 56.5 Å². The number of hydrogen-bond donors (Lipinski definition) is 1. The van der Waals surface area contributed by atoms with Gasteiger partial charge in [-0.05, 0) is 24.1 Å². The fraction of sp³-hybridized carbons (Fsp3) is 0.529. The summed E-state index contributed by atoms with van der Waals surface area (Å²) in [5, 5.41) is 9.76. The number of nitrogens with zero attached hydrogens (tertiary/aromatic N) is 2. The molecule has 7 nitrogen and oxygen atoms in total. The van der Waals surface area contributed by atoms with Crippen molar-refractivity contribution >= 4 is 11.9 Å². The Morgan fingerprint density at radius 3 is 2.54 bits per heavy atom. The highest BCUT2D eigenvalue weighted by Crippen LogP contribution is 2.34. The quantitative estimate of drug-likeness (QED) is 0.893. The molecule has 1 aromatic rings. The van der Waals surface area contributed by atoms with Gasteiger partial charge < -0.3 is 19.5 Å². The second-order valence-electron chi connectivity index (χ2n) is 6.04. The van der Waals surface area contributed by atoms with Crippen LogP contribution >= 0.6 is 0 Å². The van der Waals surface area contributed by atoms with Gasteiger partial charge in [-0.25, -0.2) is 0 Å². The second-order valence-corrected chi connectivity index (χ2v) is 6.04. The standard InChI is InChI=1S/C17H22N2O5/c1-12(20)18-5-2-6-19(8-7-18)16(17(21)22)13-3-4-14-15(11-13)24-10-9-23-14/h3-4,11,16H,2,5-10H2,1H3,(H,21,22)/t16-/m0/s1. The van der Waals surface area contributed by atoms with Crippen LogP contribution < -0.4 is 9.47 Å². The van der Waals surface area contributed by atoms with E-state index in [9.17, 15) is 14.7 Å². The molecule has 1 fully saturated rings. The summed E-state index contributed by atoms with van der Waals surface area (Å²) >= 11 is 0. The first-order valence-corrected chi connectivity index (χ1v) is 8.18. The van der Waals surface area contributed by atoms with E-state index < -0.39 is 12.0 Å². The molecule has 2 heterocycles. The van der Waals surface area contributed by atoms with Crippen molar-refractivity contribution in [2.45, 2.75) is 19.4 Å². The number of benzene rings is 1. The van der Waals surface area contributed by atoms with Gasteiger partial charge in [-0.1, -0.05) is 6.07 Å². The van der Waals surface area contributed by atoms with Gasteiger partial charge in [0.2, 0.25) is 5.91 Å². The third kappa shape index (κ3) is 3.46. The van der Waals surface area contributed by atoms with Gasteiger partial charge >= 0.3 is 5.97 Å². The molecule has 0 aliphatic carbocycles. The molecule has 7 heteroatoms. The number of aliphatic carboxylic acids is 1. The molecule has 1 atom stereocenters. The summed E-state index contributed by atoms with van der Waals surface area (Å²) in [6.45, 7) is 4.89. The van der Waals surface area contributed by atoms with E-state index in [1.54, 1.807) is 30.0 Å². The van der Waals surface area contributed by atoms with Crippen LogP contribution in [0, 0.1) is 0 Å². The van der Waals surface area contributed by atoms with Crippen molar-refractivity contribution in [2.75, 3.05) is 39.4 Å². The molecule has 130 valence electrons. The number of hydrogen-bond acceptors (Lipinski definition) is 5. The topological polar surface area (TPSA) is 79.3 Å². The van der Waals surface area contributed by atoms with Gasteiger partial charge in [0.25, 0.3) is 0 Å². The van der Waals surface area contributed by atoms with Crippen molar-refractivity contribution in [3.8, 4) is 11.5 Å². The maximum atomic E-state index is 11.9. The number of ether oxygens (including phenoxy) is 2. The van der Waals surface area contributed by atoms with Crippen molar-refractivity contribution in [3.05, 3.63) is 23.8 Å². The normalized spacial score (nSPS) is 19.5. The highest BCUT2D eigenvalue weighted by atomic mass is 16.6. The summed E-state index contributed by atoms with van der Waals surface area (Å²) in [4.78, 5) is 27.1. The van der Waals surface area contributed by atoms with Crippen molar-refractivity contribution in [2.24, 2.45) is 0 Å². The van der Waals surface area contributed by atoms with Crippen LogP contribution in [0.1, 0.15) is 24.9 Å². The number of carboxylic acid groups (broad SMARTS) is 1. The minimum atomic E-state index is -0.900. The Balaban J connectivity index is 1.82. The van der Waals surface area contributed by atoms with Gasteiger partial charge in [0.15, 0.2) is 11.5 Å². The van der Waals surface area contributed by atoms with Crippen LogP contribution in [0.5, 0.6) is 11.5 Å². The zero-order valence-corrected chi connectivity index (χ0v) is 13.7. The summed E-state index contributed by atoms with van der Waals surface area (Å²) in [5.74, 6) is 0.365. The molecule has 0 unspecified atom stereocenters.